The highest BCUT2D eigenvalue weighted by atomic mass is 16.5. The fourth-order valence-electron chi connectivity index (χ4n) is 6.06. The van der Waals surface area contributed by atoms with Gasteiger partial charge in [-0.25, -0.2) is 0 Å². The monoisotopic (exact) mass is 277 g/mol. The second kappa shape index (κ2) is 2.85. The quantitative estimate of drug-likeness (QED) is 0.676. The van der Waals surface area contributed by atoms with Crippen molar-refractivity contribution in [1.82, 2.24) is 4.90 Å². The van der Waals surface area contributed by atoms with Gasteiger partial charge in [0.2, 0.25) is 0 Å². The van der Waals surface area contributed by atoms with Crippen LogP contribution in [0.2, 0.25) is 0 Å². The number of benzene rings is 1. The summed E-state index contributed by atoms with van der Waals surface area (Å²) >= 11 is 0. The van der Waals surface area contributed by atoms with Gasteiger partial charge < -0.3 is 4.74 Å². The molecule has 0 radical (unpaired) electrons. The van der Waals surface area contributed by atoms with Crippen molar-refractivity contribution in [3.63, 3.8) is 0 Å². The number of allylic oxidation sites excluding steroid dienone is 2. The molecule has 106 valence electrons. The van der Waals surface area contributed by atoms with Gasteiger partial charge in [-0.15, -0.1) is 0 Å². The molecule has 0 aromatic heterocycles. The molecule has 1 aromatic carbocycles. The molecule has 0 amide bonds. The highest BCUT2D eigenvalue weighted by Gasteiger charge is 2.78. The number of hydrogen-bond acceptors (Lipinski definition) is 2. The van der Waals surface area contributed by atoms with Crippen molar-refractivity contribution in [3.8, 4) is 5.75 Å². The third kappa shape index (κ3) is 0.878. The van der Waals surface area contributed by atoms with Crippen molar-refractivity contribution >= 4 is 0 Å². The first-order valence-electron chi connectivity index (χ1n) is 8.01. The Balaban J connectivity index is 1.76. The highest BCUT2D eigenvalue weighted by molar-refractivity contribution is 5.71. The van der Waals surface area contributed by atoms with E-state index in [4.69, 9.17) is 4.74 Å². The molecule has 2 heterocycles. The van der Waals surface area contributed by atoms with E-state index in [2.05, 4.69) is 50.1 Å². The van der Waals surface area contributed by atoms with Crippen LogP contribution in [0.5, 0.6) is 5.75 Å². The van der Waals surface area contributed by atoms with Gasteiger partial charge in [-0.3, -0.25) is 4.90 Å². The van der Waals surface area contributed by atoms with E-state index in [-0.39, 0.29) is 11.5 Å². The predicted molar refractivity (Wildman–Crippen MR) is 81.7 cm³/mol. The Morgan fingerprint density at radius 3 is 2.95 bits per heavy atom. The molecular weight excluding hydrogens is 258 g/mol. The maximum absolute atomic E-state index is 6.54. The molecule has 21 heavy (non-hydrogen) atoms. The number of fused-ring (bicyclic) bond motifs is 1. The van der Waals surface area contributed by atoms with Gasteiger partial charge in [0.05, 0.1) is 11.5 Å². The van der Waals surface area contributed by atoms with Gasteiger partial charge in [0.25, 0.3) is 0 Å². The fraction of sp³-hybridized carbons (Fsp3) is 0.474. The minimum Gasteiger partial charge on any atom is -0.484 e. The Morgan fingerprint density at radius 2 is 2.10 bits per heavy atom. The molecule has 1 saturated heterocycles. The summed E-state index contributed by atoms with van der Waals surface area (Å²) in [5.74, 6) is 1.19. The summed E-state index contributed by atoms with van der Waals surface area (Å²) in [4.78, 5) is 2.59. The van der Waals surface area contributed by atoms with Gasteiger partial charge in [-0.1, -0.05) is 24.3 Å². The Labute approximate surface area is 125 Å². The third-order valence-electron chi connectivity index (χ3n) is 6.93. The lowest BCUT2D eigenvalue weighted by atomic mass is 9.63. The van der Waals surface area contributed by atoms with Crippen LogP contribution in [0.25, 0.3) is 0 Å². The number of piperidine rings is 1. The predicted octanol–water partition coefficient (Wildman–Crippen LogP) is 2.89. The third-order valence-corrected chi connectivity index (χ3v) is 6.93. The van der Waals surface area contributed by atoms with E-state index in [1.54, 1.807) is 5.57 Å². The molecule has 2 nitrogen and oxygen atoms in total. The second-order valence-electron chi connectivity index (χ2n) is 7.72. The first-order valence-corrected chi connectivity index (χ1v) is 8.01. The van der Waals surface area contributed by atoms with E-state index >= 15 is 0 Å². The number of likely N-dealkylation sites (tertiary alicyclic amines) is 1. The standard InChI is InChI=1S/C19H19NO/c1-10-4-6-12-8-18-9-19-13(16(18)20(18)3)7-5-11(2)17(19)21-15(10)14(12)19/h4-7,16-17H,8-9H2,1-3H3/t16-,17?,18+,19-,20?/m0/s1. The van der Waals surface area contributed by atoms with Crippen LogP contribution in [0.4, 0.5) is 0 Å². The first-order chi connectivity index (χ1) is 10.1. The van der Waals surface area contributed by atoms with Gasteiger partial charge in [-0.2, -0.15) is 0 Å². The molecular formula is C19H19NO. The lowest BCUT2D eigenvalue weighted by Gasteiger charge is -2.41. The summed E-state index contributed by atoms with van der Waals surface area (Å²) in [5.41, 5.74) is 7.94. The van der Waals surface area contributed by atoms with Crippen LogP contribution in [0.1, 0.15) is 30.0 Å². The van der Waals surface area contributed by atoms with Crippen molar-refractivity contribution in [2.24, 2.45) is 0 Å². The molecule has 2 heteroatoms. The van der Waals surface area contributed by atoms with Crippen LogP contribution in [0.15, 0.2) is 35.4 Å². The maximum Gasteiger partial charge on any atom is 0.133 e. The molecule has 5 atom stereocenters. The number of likely N-dealkylation sites (N-methyl/N-ethyl adjacent to an activating group) is 1. The van der Waals surface area contributed by atoms with Gasteiger partial charge in [0.1, 0.15) is 11.9 Å². The van der Waals surface area contributed by atoms with E-state index in [0.29, 0.717) is 11.6 Å². The van der Waals surface area contributed by atoms with Crippen LogP contribution in [0.3, 0.4) is 0 Å². The van der Waals surface area contributed by atoms with E-state index in [0.717, 1.165) is 0 Å². The summed E-state index contributed by atoms with van der Waals surface area (Å²) in [7, 11) is 2.30. The lowest BCUT2D eigenvalue weighted by molar-refractivity contribution is 0.173. The molecule has 1 saturated carbocycles. The first kappa shape index (κ1) is 11.1. The SMILES string of the molecule is CC1=CC=C2[C@@H]3N(C)[C@@]34Cc3ccc(C)c5c3[C@@]2(C4)C1O5. The Bertz CT molecular complexity index is 804. The van der Waals surface area contributed by atoms with E-state index in [1.807, 2.05) is 0 Å². The average molecular weight is 277 g/mol. The summed E-state index contributed by atoms with van der Waals surface area (Å²) in [6.07, 6.45) is 7.41. The van der Waals surface area contributed by atoms with Crippen LogP contribution in [0, 0.1) is 6.92 Å². The summed E-state index contributed by atoms with van der Waals surface area (Å²) in [6, 6.07) is 5.26. The van der Waals surface area contributed by atoms with Crippen LogP contribution in [-0.2, 0) is 11.8 Å². The molecule has 2 aliphatic heterocycles. The second-order valence-corrected chi connectivity index (χ2v) is 7.72. The smallest absolute Gasteiger partial charge is 0.133 e. The molecule has 5 aliphatic rings. The van der Waals surface area contributed by atoms with Crippen LogP contribution in [-0.4, -0.2) is 29.6 Å². The number of nitrogens with zero attached hydrogens (tertiary/aromatic N) is 1. The molecule has 2 bridgehead atoms. The minimum absolute atomic E-state index is 0.158. The zero-order valence-corrected chi connectivity index (χ0v) is 12.7. The Hall–Kier alpha value is -1.54. The molecule has 1 aromatic rings. The number of hydrogen-bond donors (Lipinski definition) is 0. The van der Waals surface area contributed by atoms with Gasteiger partial charge in [0.15, 0.2) is 0 Å². The van der Waals surface area contributed by atoms with Gasteiger partial charge in [0, 0.05) is 11.1 Å². The zero-order chi connectivity index (χ0) is 14.1. The number of aryl methyl sites for hydroxylation is 1. The maximum atomic E-state index is 6.54. The van der Waals surface area contributed by atoms with Crippen molar-refractivity contribution < 1.29 is 4.74 Å². The fourth-order valence-corrected chi connectivity index (χ4v) is 6.06. The molecule has 2 fully saturated rings. The van der Waals surface area contributed by atoms with Crippen LogP contribution >= 0.6 is 0 Å². The molecule has 2 spiro atoms. The number of ether oxygens (including phenoxy) is 1. The normalized spacial score (nSPS) is 46.3. The Morgan fingerprint density at radius 1 is 1.24 bits per heavy atom. The highest BCUT2D eigenvalue weighted by Crippen LogP contribution is 2.73. The summed E-state index contributed by atoms with van der Waals surface area (Å²) < 4.78 is 6.54. The summed E-state index contributed by atoms with van der Waals surface area (Å²) in [6.45, 7) is 4.43. The van der Waals surface area contributed by atoms with Crippen molar-refractivity contribution in [2.75, 3.05) is 7.05 Å². The summed E-state index contributed by atoms with van der Waals surface area (Å²) in [5, 5.41) is 0. The van der Waals surface area contributed by atoms with Crippen molar-refractivity contribution in [3.05, 3.63) is 52.1 Å². The molecule has 2 unspecified atom stereocenters. The van der Waals surface area contributed by atoms with Crippen molar-refractivity contribution in [2.45, 2.75) is 49.8 Å². The van der Waals surface area contributed by atoms with Crippen LogP contribution < -0.4 is 4.74 Å². The van der Waals surface area contributed by atoms with E-state index < -0.39 is 0 Å². The molecule has 0 N–H and O–H groups in total. The minimum atomic E-state index is 0.158. The van der Waals surface area contributed by atoms with E-state index in [1.165, 1.54) is 40.9 Å². The lowest BCUT2D eigenvalue weighted by Crippen LogP contribution is -2.46. The zero-order valence-electron chi connectivity index (χ0n) is 12.7. The molecule has 6 rings (SSSR count). The van der Waals surface area contributed by atoms with Crippen molar-refractivity contribution in [1.29, 1.82) is 0 Å². The number of rotatable bonds is 0. The molecule has 3 aliphatic carbocycles. The largest absolute Gasteiger partial charge is 0.484 e. The van der Waals surface area contributed by atoms with E-state index in [9.17, 15) is 0 Å². The van der Waals surface area contributed by atoms with Gasteiger partial charge >= 0.3 is 0 Å². The average Bonchev–Trinajstić information content (AvgIpc) is 2.82. The Kier molecular flexibility index (Phi) is 1.50. The topological polar surface area (TPSA) is 12.2 Å². The van der Waals surface area contributed by atoms with Gasteiger partial charge in [-0.05, 0) is 56.0 Å².